The molecule has 0 radical (unpaired) electrons. The highest BCUT2D eigenvalue weighted by Crippen LogP contribution is 2.34. The maximum atomic E-state index is 13.1. The fourth-order valence-corrected chi connectivity index (χ4v) is 2.39. The maximum absolute atomic E-state index is 13.1. The molecular weight excluding hydrogens is 281 g/mol. The Kier molecular flexibility index (Phi) is 3.59. The van der Waals surface area contributed by atoms with Gasteiger partial charge in [0.25, 0.3) is 0 Å². The number of hydrogen-bond donors (Lipinski definition) is 0. The minimum absolute atomic E-state index is 0.0207. The molecule has 1 heterocycles. The highest BCUT2D eigenvalue weighted by molar-refractivity contribution is 5.95. The summed E-state index contributed by atoms with van der Waals surface area (Å²) in [4.78, 5) is 11.4. The molecule has 0 unspecified atom stereocenters. The van der Waals surface area contributed by atoms with Gasteiger partial charge in [0.05, 0.1) is 5.56 Å². The number of aromatic nitrogens is 1. The highest BCUT2D eigenvalue weighted by Gasteiger charge is 2.16. The summed E-state index contributed by atoms with van der Waals surface area (Å²) in [5, 5.41) is 4.09. The van der Waals surface area contributed by atoms with E-state index in [0.717, 1.165) is 16.7 Å². The molecule has 0 aliphatic rings. The smallest absolute Gasteiger partial charge is 0.159 e. The Morgan fingerprint density at radius 1 is 1.00 bits per heavy atom. The lowest BCUT2D eigenvalue weighted by atomic mass is 9.98. The van der Waals surface area contributed by atoms with Gasteiger partial charge in [-0.3, -0.25) is 4.79 Å². The van der Waals surface area contributed by atoms with Crippen molar-refractivity contribution in [2.45, 2.75) is 13.8 Å². The van der Waals surface area contributed by atoms with E-state index < -0.39 is 0 Å². The SMILES string of the molecule is CC(=O)c1ccc(-c2c(-c3ccc(F)cc3)noc2C)cc1. The third kappa shape index (κ3) is 2.55. The number of rotatable bonds is 3. The van der Waals surface area contributed by atoms with E-state index in [1.807, 2.05) is 19.1 Å². The number of Topliss-reactive ketones (excluding diaryl/α,β-unsaturated/α-hetero) is 1. The molecule has 0 N–H and O–H groups in total. The summed E-state index contributed by atoms with van der Waals surface area (Å²) in [6.07, 6.45) is 0. The monoisotopic (exact) mass is 295 g/mol. The lowest BCUT2D eigenvalue weighted by Crippen LogP contribution is -1.91. The second kappa shape index (κ2) is 5.56. The van der Waals surface area contributed by atoms with E-state index in [2.05, 4.69) is 5.16 Å². The number of hydrogen-bond acceptors (Lipinski definition) is 3. The summed E-state index contributed by atoms with van der Waals surface area (Å²) in [5.41, 5.74) is 3.85. The molecular formula is C18H14FNO2. The van der Waals surface area contributed by atoms with Gasteiger partial charge < -0.3 is 4.52 Å². The number of carbonyl (C=O) groups is 1. The Morgan fingerprint density at radius 3 is 2.18 bits per heavy atom. The molecule has 0 saturated carbocycles. The van der Waals surface area contributed by atoms with Gasteiger partial charge in [0.2, 0.25) is 0 Å². The summed E-state index contributed by atoms with van der Waals surface area (Å²) < 4.78 is 18.4. The third-order valence-corrected chi connectivity index (χ3v) is 3.56. The fourth-order valence-electron chi connectivity index (χ4n) is 2.39. The van der Waals surface area contributed by atoms with Crippen LogP contribution in [0, 0.1) is 12.7 Å². The van der Waals surface area contributed by atoms with E-state index >= 15 is 0 Å². The predicted octanol–water partition coefficient (Wildman–Crippen LogP) is 4.66. The summed E-state index contributed by atoms with van der Waals surface area (Å²) in [6, 6.07) is 13.4. The van der Waals surface area contributed by atoms with Gasteiger partial charge in [-0.2, -0.15) is 0 Å². The van der Waals surface area contributed by atoms with Crippen LogP contribution in [0.25, 0.3) is 22.4 Å². The van der Waals surface area contributed by atoms with Crippen LogP contribution in [0.4, 0.5) is 4.39 Å². The first-order valence-electron chi connectivity index (χ1n) is 6.90. The lowest BCUT2D eigenvalue weighted by Gasteiger charge is -2.04. The van der Waals surface area contributed by atoms with Crippen molar-refractivity contribution in [3.8, 4) is 22.4 Å². The zero-order chi connectivity index (χ0) is 15.7. The van der Waals surface area contributed by atoms with E-state index in [1.165, 1.54) is 19.1 Å². The van der Waals surface area contributed by atoms with Gasteiger partial charge in [0.15, 0.2) is 5.78 Å². The van der Waals surface area contributed by atoms with Crippen LogP contribution >= 0.6 is 0 Å². The van der Waals surface area contributed by atoms with E-state index in [4.69, 9.17) is 4.52 Å². The predicted molar refractivity (Wildman–Crippen MR) is 82.1 cm³/mol. The molecule has 4 heteroatoms. The summed E-state index contributed by atoms with van der Waals surface area (Å²) in [7, 11) is 0. The molecule has 110 valence electrons. The first kappa shape index (κ1) is 14.2. The minimum atomic E-state index is -0.295. The van der Waals surface area contributed by atoms with Crippen LogP contribution in [0.2, 0.25) is 0 Å². The second-order valence-electron chi connectivity index (χ2n) is 5.10. The fraction of sp³-hybridized carbons (Fsp3) is 0.111. The molecule has 3 nitrogen and oxygen atoms in total. The van der Waals surface area contributed by atoms with Crippen LogP contribution < -0.4 is 0 Å². The summed E-state index contributed by atoms with van der Waals surface area (Å²) in [5.74, 6) is 0.401. The van der Waals surface area contributed by atoms with Crippen LogP contribution in [0.5, 0.6) is 0 Å². The first-order chi connectivity index (χ1) is 10.6. The molecule has 0 fully saturated rings. The van der Waals surface area contributed by atoms with E-state index in [9.17, 15) is 9.18 Å². The average molecular weight is 295 g/mol. The molecule has 0 atom stereocenters. The molecule has 3 aromatic rings. The number of halogens is 1. The summed E-state index contributed by atoms with van der Waals surface area (Å²) in [6.45, 7) is 3.36. The molecule has 0 aliphatic carbocycles. The molecule has 1 aromatic heterocycles. The lowest BCUT2D eigenvalue weighted by molar-refractivity contribution is 0.101. The topological polar surface area (TPSA) is 43.1 Å². The van der Waals surface area contributed by atoms with Crippen molar-refractivity contribution in [3.63, 3.8) is 0 Å². The van der Waals surface area contributed by atoms with Crippen molar-refractivity contribution in [1.29, 1.82) is 0 Å². The van der Waals surface area contributed by atoms with Gasteiger partial charge in [-0.05, 0) is 43.7 Å². The third-order valence-electron chi connectivity index (χ3n) is 3.56. The van der Waals surface area contributed by atoms with Crippen molar-refractivity contribution in [1.82, 2.24) is 5.16 Å². The number of benzene rings is 2. The number of carbonyl (C=O) groups excluding carboxylic acids is 1. The van der Waals surface area contributed by atoms with E-state index in [1.54, 1.807) is 24.3 Å². The van der Waals surface area contributed by atoms with Crippen LogP contribution in [-0.4, -0.2) is 10.9 Å². The van der Waals surface area contributed by atoms with Crippen molar-refractivity contribution >= 4 is 5.78 Å². The Hall–Kier alpha value is -2.75. The molecule has 0 amide bonds. The van der Waals surface area contributed by atoms with Crippen LogP contribution in [0.3, 0.4) is 0 Å². The number of aryl methyl sites for hydroxylation is 1. The second-order valence-corrected chi connectivity index (χ2v) is 5.10. The standard InChI is InChI=1S/C18H14FNO2/c1-11(21)13-3-5-14(6-4-13)17-12(2)22-20-18(17)15-7-9-16(19)10-8-15/h3-10H,1-2H3. The van der Waals surface area contributed by atoms with E-state index in [0.29, 0.717) is 17.0 Å². The normalized spacial score (nSPS) is 10.7. The zero-order valence-corrected chi connectivity index (χ0v) is 12.3. The molecule has 3 rings (SSSR count). The quantitative estimate of drug-likeness (QED) is 0.660. The number of ketones is 1. The van der Waals surface area contributed by atoms with Crippen LogP contribution in [0.1, 0.15) is 23.0 Å². The highest BCUT2D eigenvalue weighted by atomic mass is 19.1. The zero-order valence-electron chi connectivity index (χ0n) is 12.3. The van der Waals surface area contributed by atoms with Gasteiger partial charge in [0, 0.05) is 11.1 Å². The van der Waals surface area contributed by atoms with Crippen molar-refractivity contribution in [2.75, 3.05) is 0 Å². The van der Waals surface area contributed by atoms with Crippen molar-refractivity contribution in [3.05, 3.63) is 65.7 Å². The van der Waals surface area contributed by atoms with Gasteiger partial charge in [-0.15, -0.1) is 0 Å². The molecule has 0 aliphatic heterocycles. The van der Waals surface area contributed by atoms with Crippen molar-refractivity contribution < 1.29 is 13.7 Å². The van der Waals surface area contributed by atoms with Crippen LogP contribution in [-0.2, 0) is 0 Å². The van der Waals surface area contributed by atoms with Gasteiger partial charge >= 0.3 is 0 Å². The number of nitrogens with zero attached hydrogens (tertiary/aromatic N) is 1. The molecule has 0 bridgehead atoms. The molecule has 2 aromatic carbocycles. The Balaban J connectivity index is 2.09. The molecule has 0 spiro atoms. The first-order valence-corrected chi connectivity index (χ1v) is 6.90. The Bertz CT molecular complexity index is 817. The van der Waals surface area contributed by atoms with Gasteiger partial charge in [0.1, 0.15) is 17.3 Å². The molecule has 22 heavy (non-hydrogen) atoms. The largest absolute Gasteiger partial charge is 0.360 e. The van der Waals surface area contributed by atoms with Crippen molar-refractivity contribution in [2.24, 2.45) is 0 Å². The average Bonchev–Trinajstić information content (AvgIpc) is 2.90. The minimum Gasteiger partial charge on any atom is -0.360 e. The van der Waals surface area contributed by atoms with Crippen LogP contribution in [0.15, 0.2) is 53.1 Å². The molecule has 0 saturated heterocycles. The van der Waals surface area contributed by atoms with Gasteiger partial charge in [-0.1, -0.05) is 29.4 Å². The Morgan fingerprint density at radius 2 is 1.59 bits per heavy atom. The Labute approximate surface area is 127 Å². The maximum Gasteiger partial charge on any atom is 0.159 e. The van der Waals surface area contributed by atoms with E-state index in [-0.39, 0.29) is 11.6 Å². The summed E-state index contributed by atoms with van der Waals surface area (Å²) >= 11 is 0. The van der Waals surface area contributed by atoms with Gasteiger partial charge in [-0.25, -0.2) is 4.39 Å².